The summed E-state index contributed by atoms with van der Waals surface area (Å²) >= 11 is 0. The molecule has 0 heterocycles. The first-order chi connectivity index (χ1) is 13.4. The summed E-state index contributed by atoms with van der Waals surface area (Å²) in [5, 5.41) is 0. The molecule has 6 aliphatic carbocycles. The van der Waals surface area contributed by atoms with Crippen LogP contribution in [0.25, 0.3) is 0 Å². The molecule has 4 nitrogen and oxygen atoms in total. The van der Waals surface area contributed by atoms with Gasteiger partial charge in [-0.15, -0.1) is 0 Å². The maximum Gasteiger partial charge on any atom is 0.333 e. The van der Waals surface area contributed by atoms with Crippen LogP contribution in [0.4, 0.5) is 0 Å². The number of carbonyl (C=O) groups excluding carboxylic acids is 2. The molecular formula is C24H34O4. The lowest BCUT2D eigenvalue weighted by molar-refractivity contribution is -0.216. The predicted octanol–water partition coefficient (Wildman–Crippen LogP) is 4.67. The lowest BCUT2D eigenvalue weighted by Crippen LogP contribution is -2.60. The van der Waals surface area contributed by atoms with Crippen LogP contribution in [0.15, 0.2) is 12.2 Å². The Morgan fingerprint density at radius 3 is 2.07 bits per heavy atom. The minimum absolute atomic E-state index is 0.00195. The zero-order valence-corrected chi connectivity index (χ0v) is 17.3. The number of rotatable bonds is 5. The minimum atomic E-state index is -0.323. The van der Waals surface area contributed by atoms with Crippen molar-refractivity contribution in [1.82, 2.24) is 0 Å². The van der Waals surface area contributed by atoms with Gasteiger partial charge >= 0.3 is 11.9 Å². The van der Waals surface area contributed by atoms with Crippen molar-refractivity contribution >= 4 is 11.9 Å². The van der Waals surface area contributed by atoms with E-state index in [0.29, 0.717) is 23.3 Å². The summed E-state index contributed by atoms with van der Waals surface area (Å²) in [6, 6.07) is 0. The van der Waals surface area contributed by atoms with Crippen molar-refractivity contribution in [1.29, 1.82) is 0 Å². The highest BCUT2D eigenvalue weighted by Gasteiger charge is 2.60. The molecule has 0 N–H and O–H groups in total. The Morgan fingerprint density at radius 2 is 1.54 bits per heavy atom. The average molecular weight is 387 g/mol. The summed E-state index contributed by atoms with van der Waals surface area (Å²) in [7, 11) is 0. The van der Waals surface area contributed by atoms with Crippen LogP contribution in [0.3, 0.4) is 0 Å². The van der Waals surface area contributed by atoms with Gasteiger partial charge in [0.25, 0.3) is 0 Å². The van der Waals surface area contributed by atoms with Crippen molar-refractivity contribution < 1.29 is 19.1 Å². The highest BCUT2D eigenvalue weighted by Crippen LogP contribution is 2.61. The molecule has 28 heavy (non-hydrogen) atoms. The van der Waals surface area contributed by atoms with E-state index < -0.39 is 0 Å². The SMILES string of the molecule is C=C(C)C(=O)OC1CC2CC(C(=O)OC3(CC)C4CC5CC(C4)CC3C5)C1C2. The van der Waals surface area contributed by atoms with E-state index >= 15 is 0 Å². The van der Waals surface area contributed by atoms with E-state index in [-0.39, 0.29) is 35.5 Å². The van der Waals surface area contributed by atoms with Crippen LogP contribution in [0.5, 0.6) is 0 Å². The summed E-state index contributed by atoms with van der Waals surface area (Å²) in [4.78, 5) is 25.4. The van der Waals surface area contributed by atoms with Gasteiger partial charge in [0.05, 0.1) is 5.92 Å². The minimum Gasteiger partial charge on any atom is -0.459 e. The quantitative estimate of drug-likeness (QED) is 0.509. The smallest absolute Gasteiger partial charge is 0.333 e. The largest absolute Gasteiger partial charge is 0.459 e. The first-order valence-corrected chi connectivity index (χ1v) is 11.5. The summed E-state index contributed by atoms with van der Waals surface area (Å²) in [5.41, 5.74) is 0.205. The van der Waals surface area contributed by atoms with Crippen molar-refractivity contribution in [2.24, 2.45) is 41.4 Å². The van der Waals surface area contributed by atoms with Crippen molar-refractivity contribution in [3.63, 3.8) is 0 Å². The fraction of sp³-hybridized carbons (Fsp3) is 0.833. The zero-order chi connectivity index (χ0) is 19.6. The maximum absolute atomic E-state index is 13.4. The molecular weight excluding hydrogens is 352 g/mol. The van der Waals surface area contributed by atoms with Crippen LogP contribution in [-0.2, 0) is 19.1 Å². The molecule has 0 saturated heterocycles. The van der Waals surface area contributed by atoms with Crippen molar-refractivity contribution in [3.8, 4) is 0 Å². The van der Waals surface area contributed by atoms with E-state index in [0.717, 1.165) is 37.5 Å². The Balaban J connectivity index is 1.30. The lowest BCUT2D eigenvalue weighted by atomic mass is 9.49. The molecule has 6 saturated carbocycles. The molecule has 0 radical (unpaired) electrons. The van der Waals surface area contributed by atoms with E-state index in [4.69, 9.17) is 9.47 Å². The molecule has 0 aromatic carbocycles. The number of ether oxygens (including phenoxy) is 2. The summed E-state index contributed by atoms with van der Waals surface area (Å²) in [6.07, 6.45) is 10.0. The average Bonchev–Trinajstić information content (AvgIpc) is 3.24. The van der Waals surface area contributed by atoms with Crippen LogP contribution in [-0.4, -0.2) is 23.6 Å². The van der Waals surface area contributed by atoms with Gasteiger partial charge in [-0.25, -0.2) is 4.79 Å². The zero-order valence-electron chi connectivity index (χ0n) is 17.3. The van der Waals surface area contributed by atoms with Crippen LogP contribution in [0.1, 0.15) is 71.6 Å². The summed E-state index contributed by atoms with van der Waals surface area (Å²) in [5.74, 6) is 3.06. The van der Waals surface area contributed by atoms with E-state index in [1.807, 2.05) is 0 Å². The second-order valence-corrected chi connectivity index (χ2v) is 10.6. The monoisotopic (exact) mass is 386 g/mol. The lowest BCUT2D eigenvalue weighted by Gasteiger charge is -2.60. The molecule has 0 aromatic heterocycles. The molecule has 6 bridgehead atoms. The van der Waals surface area contributed by atoms with Crippen LogP contribution >= 0.6 is 0 Å². The van der Waals surface area contributed by atoms with Gasteiger partial charge < -0.3 is 9.47 Å². The van der Waals surface area contributed by atoms with Crippen LogP contribution < -0.4 is 0 Å². The number of hydrogen-bond donors (Lipinski definition) is 0. The third-order valence-corrected chi connectivity index (χ3v) is 9.03. The second kappa shape index (κ2) is 6.60. The normalized spacial score (nSPS) is 47.9. The molecule has 0 aromatic rings. The molecule has 6 fully saturated rings. The van der Waals surface area contributed by atoms with Gasteiger partial charge in [0.15, 0.2) is 0 Å². The molecule has 154 valence electrons. The Bertz CT molecular complexity index is 667. The van der Waals surface area contributed by atoms with Crippen LogP contribution in [0, 0.1) is 41.4 Å². The van der Waals surface area contributed by atoms with Crippen molar-refractivity contribution in [2.45, 2.75) is 83.3 Å². The van der Waals surface area contributed by atoms with Gasteiger partial charge in [-0.1, -0.05) is 13.5 Å². The second-order valence-electron chi connectivity index (χ2n) is 10.6. The van der Waals surface area contributed by atoms with E-state index in [1.165, 1.54) is 32.1 Å². The molecule has 0 amide bonds. The number of fused-ring (bicyclic) bond motifs is 2. The molecule has 4 atom stereocenters. The fourth-order valence-corrected chi connectivity index (χ4v) is 7.99. The Kier molecular flexibility index (Phi) is 4.41. The fourth-order valence-electron chi connectivity index (χ4n) is 7.99. The van der Waals surface area contributed by atoms with Gasteiger partial charge in [0, 0.05) is 11.5 Å². The van der Waals surface area contributed by atoms with E-state index in [1.54, 1.807) is 6.92 Å². The van der Waals surface area contributed by atoms with Crippen molar-refractivity contribution in [2.75, 3.05) is 0 Å². The third-order valence-electron chi connectivity index (χ3n) is 9.03. The number of esters is 2. The Hall–Kier alpha value is -1.32. The highest BCUT2D eigenvalue weighted by atomic mass is 16.6. The standard InChI is InChI=1S/C24H34O4/c1-4-24(17-6-14-5-15(8-17)9-18(24)7-14)28-23(26)20-11-16-10-19(20)21(12-16)27-22(25)13(2)3/h14-21H,2,4-12H2,1,3H3. The molecule has 6 rings (SSSR count). The molecule has 4 heteroatoms. The van der Waals surface area contributed by atoms with E-state index in [2.05, 4.69) is 13.5 Å². The van der Waals surface area contributed by atoms with Gasteiger partial charge in [-0.2, -0.15) is 0 Å². The molecule has 0 aliphatic heterocycles. The van der Waals surface area contributed by atoms with Crippen LogP contribution in [0.2, 0.25) is 0 Å². The van der Waals surface area contributed by atoms with E-state index in [9.17, 15) is 9.59 Å². The highest BCUT2D eigenvalue weighted by molar-refractivity contribution is 5.87. The van der Waals surface area contributed by atoms with Gasteiger partial charge in [-0.3, -0.25) is 4.79 Å². The van der Waals surface area contributed by atoms with Gasteiger partial charge in [0.1, 0.15) is 11.7 Å². The maximum atomic E-state index is 13.4. The Morgan fingerprint density at radius 1 is 0.929 bits per heavy atom. The number of carbonyl (C=O) groups is 2. The summed E-state index contributed by atoms with van der Waals surface area (Å²) in [6.45, 7) is 7.58. The first-order valence-electron chi connectivity index (χ1n) is 11.5. The molecule has 4 unspecified atom stereocenters. The summed E-state index contributed by atoms with van der Waals surface area (Å²) < 4.78 is 12.2. The Labute approximate surface area is 168 Å². The van der Waals surface area contributed by atoms with Gasteiger partial charge in [0.2, 0.25) is 0 Å². The third kappa shape index (κ3) is 2.77. The molecule has 6 aliphatic rings. The number of hydrogen-bond acceptors (Lipinski definition) is 4. The first kappa shape index (κ1) is 18.7. The topological polar surface area (TPSA) is 52.6 Å². The van der Waals surface area contributed by atoms with Crippen molar-refractivity contribution in [3.05, 3.63) is 12.2 Å². The molecule has 0 spiro atoms. The predicted molar refractivity (Wildman–Crippen MR) is 105 cm³/mol. The van der Waals surface area contributed by atoms with Gasteiger partial charge in [-0.05, 0) is 94.3 Å².